The number of methoxy groups -OCH3 is 2. The van der Waals surface area contributed by atoms with Crippen molar-refractivity contribution in [2.75, 3.05) is 14.2 Å². The molecule has 1 amide bonds. The van der Waals surface area contributed by atoms with Crippen LogP contribution in [-0.2, 0) is 12.7 Å². The highest BCUT2D eigenvalue weighted by Gasteiger charge is 2.30. The molecule has 0 bridgehead atoms. The summed E-state index contributed by atoms with van der Waals surface area (Å²) in [6, 6.07) is 9.35. The standard InChI is InChI=1S/C18H17F3N2O3S/c1-25-14-7-6-11(8-15(14)26-2)10-22-17(27)23-16(24)12-4-3-5-13(9-12)18(19,20)21/h3-9H,10H2,1-2H3,(H2,22,23,24,27). The molecule has 0 fully saturated rings. The third-order valence-electron chi connectivity index (χ3n) is 3.58. The van der Waals surface area contributed by atoms with Crippen LogP contribution in [0.3, 0.4) is 0 Å². The highest BCUT2D eigenvalue weighted by molar-refractivity contribution is 7.80. The molecule has 0 spiro atoms. The molecule has 144 valence electrons. The monoisotopic (exact) mass is 398 g/mol. The van der Waals surface area contributed by atoms with Gasteiger partial charge in [0.15, 0.2) is 16.6 Å². The number of thiocarbonyl (C=S) groups is 1. The van der Waals surface area contributed by atoms with Gasteiger partial charge in [0.2, 0.25) is 0 Å². The van der Waals surface area contributed by atoms with Gasteiger partial charge in [0.1, 0.15) is 0 Å². The van der Waals surface area contributed by atoms with Crippen LogP contribution in [0.15, 0.2) is 42.5 Å². The van der Waals surface area contributed by atoms with E-state index in [0.29, 0.717) is 11.5 Å². The Hall–Kier alpha value is -2.81. The van der Waals surface area contributed by atoms with Crippen molar-refractivity contribution in [2.24, 2.45) is 0 Å². The van der Waals surface area contributed by atoms with Gasteiger partial charge in [0, 0.05) is 12.1 Å². The van der Waals surface area contributed by atoms with Crippen LogP contribution in [0.1, 0.15) is 21.5 Å². The molecule has 0 atom stereocenters. The fourth-order valence-corrected chi connectivity index (χ4v) is 2.39. The molecule has 0 aliphatic carbocycles. The van der Waals surface area contributed by atoms with Crippen LogP contribution in [0, 0.1) is 0 Å². The first-order valence-electron chi connectivity index (χ1n) is 7.72. The van der Waals surface area contributed by atoms with Crippen molar-refractivity contribution in [1.29, 1.82) is 0 Å². The third-order valence-corrected chi connectivity index (χ3v) is 3.83. The first-order chi connectivity index (χ1) is 12.7. The van der Waals surface area contributed by atoms with Crippen molar-refractivity contribution in [3.63, 3.8) is 0 Å². The maximum absolute atomic E-state index is 12.7. The van der Waals surface area contributed by atoms with Gasteiger partial charge in [-0.2, -0.15) is 13.2 Å². The van der Waals surface area contributed by atoms with E-state index in [0.717, 1.165) is 23.8 Å². The average Bonchev–Trinajstić information content (AvgIpc) is 2.65. The number of halogens is 3. The second kappa shape index (κ2) is 8.72. The van der Waals surface area contributed by atoms with Crippen molar-refractivity contribution in [1.82, 2.24) is 10.6 Å². The van der Waals surface area contributed by atoms with Crippen LogP contribution in [0.4, 0.5) is 13.2 Å². The molecule has 0 aliphatic rings. The van der Waals surface area contributed by atoms with Crippen molar-refractivity contribution < 1.29 is 27.4 Å². The summed E-state index contributed by atoms with van der Waals surface area (Å²) in [5.74, 6) is 0.378. The predicted molar refractivity (Wildman–Crippen MR) is 97.9 cm³/mol. The Bertz CT molecular complexity index is 841. The molecular weight excluding hydrogens is 381 g/mol. The molecule has 2 rings (SSSR count). The van der Waals surface area contributed by atoms with E-state index in [1.54, 1.807) is 18.2 Å². The fraction of sp³-hybridized carbons (Fsp3) is 0.222. The fourth-order valence-electron chi connectivity index (χ4n) is 2.23. The number of rotatable bonds is 5. The lowest BCUT2D eigenvalue weighted by Gasteiger charge is -2.13. The van der Waals surface area contributed by atoms with Gasteiger partial charge in [-0.05, 0) is 48.1 Å². The molecule has 0 aromatic heterocycles. The Morgan fingerprint density at radius 2 is 1.78 bits per heavy atom. The first kappa shape index (κ1) is 20.5. The molecule has 0 saturated heterocycles. The molecule has 5 nitrogen and oxygen atoms in total. The van der Waals surface area contributed by atoms with Gasteiger partial charge < -0.3 is 14.8 Å². The van der Waals surface area contributed by atoms with Gasteiger partial charge in [-0.3, -0.25) is 10.1 Å². The summed E-state index contributed by atoms with van der Waals surface area (Å²) < 4.78 is 48.5. The molecule has 0 unspecified atom stereocenters. The van der Waals surface area contributed by atoms with Crippen LogP contribution < -0.4 is 20.1 Å². The zero-order valence-corrected chi connectivity index (χ0v) is 15.3. The van der Waals surface area contributed by atoms with Crippen LogP contribution in [0.5, 0.6) is 11.5 Å². The lowest BCUT2D eigenvalue weighted by molar-refractivity contribution is -0.137. The molecule has 2 N–H and O–H groups in total. The molecule has 2 aromatic carbocycles. The highest BCUT2D eigenvalue weighted by Crippen LogP contribution is 2.29. The Morgan fingerprint density at radius 1 is 1.07 bits per heavy atom. The van der Waals surface area contributed by atoms with E-state index in [1.165, 1.54) is 20.3 Å². The van der Waals surface area contributed by atoms with Crippen LogP contribution in [-0.4, -0.2) is 25.2 Å². The van der Waals surface area contributed by atoms with Crippen molar-refractivity contribution in [3.05, 3.63) is 59.2 Å². The Morgan fingerprint density at radius 3 is 2.41 bits per heavy atom. The number of nitrogens with one attached hydrogen (secondary N) is 2. The van der Waals surface area contributed by atoms with Gasteiger partial charge in [-0.15, -0.1) is 0 Å². The maximum atomic E-state index is 12.7. The number of ether oxygens (including phenoxy) is 2. The van der Waals surface area contributed by atoms with Crippen LogP contribution in [0.2, 0.25) is 0 Å². The largest absolute Gasteiger partial charge is 0.493 e. The highest BCUT2D eigenvalue weighted by atomic mass is 32.1. The SMILES string of the molecule is COc1ccc(CNC(=S)NC(=O)c2cccc(C(F)(F)F)c2)cc1OC. The summed E-state index contributed by atoms with van der Waals surface area (Å²) >= 11 is 5.02. The maximum Gasteiger partial charge on any atom is 0.416 e. The number of hydrogen-bond donors (Lipinski definition) is 2. The van der Waals surface area contributed by atoms with Crippen molar-refractivity contribution in [2.45, 2.75) is 12.7 Å². The number of benzene rings is 2. The van der Waals surface area contributed by atoms with E-state index >= 15 is 0 Å². The Kier molecular flexibility index (Phi) is 6.62. The zero-order valence-electron chi connectivity index (χ0n) is 14.5. The summed E-state index contributed by atoms with van der Waals surface area (Å²) in [6.45, 7) is 0.280. The summed E-state index contributed by atoms with van der Waals surface area (Å²) in [5, 5.41) is 5.16. The summed E-state index contributed by atoms with van der Waals surface area (Å²) in [5.41, 5.74) is -0.234. The van der Waals surface area contributed by atoms with E-state index < -0.39 is 17.6 Å². The molecule has 0 saturated carbocycles. The summed E-state index contributed by atoms with van der Waals surface area (Å²) in [4.78, 5) is 12.1. The van der Waals surface area contributed by atoms with E-state index in [9.17, 15) is 18.0 Å². The normalized spacial score (nSPS) is 10.9. The third kappa shape index (κ3) is 5.58. The van der Waals surface area contributed by atoms with Crippen LogP contribution in [0.25, 0.3) is 0 Å². The molecule has 9 heteroatoms. The van der Waals surface area contributed by atoms with E-state index in [4.69, 9.17) is 21.7 Å². The topological polar surface area (TPSA) is 59.6 Å². The summed E-state index contributed by atoms with van der Waals surface area (Å²) in [6.07, 6.45) is -4.53. The lowest BCUT2D eigenvalue weighted by Crippen LogP contribution is -2.38. The molecule has 27 heavy (non-hydrogen) atoms. The van der Waals surface area contributed by atoms with Gasteiger partial charge in [0.25, 0.3) is 5.91 Å². The lowest BCUT2D eigenvalue weighted by atomic mass is 10.1. The Labute approximate surface area is 159 Å². The van der Waals surface area contributed by atoms with Crippen molar-refractivity contribution in [3.8, 4) is 11.5 Å². The minimum absolute atomic E-state index is 0.00723. The average molecular weight is 398 g/mol. The van der Waals surface area contributed by atoms with Crippen LogP contribution >= 0.6 is 12.2 Å². The number of carbonyl (C=O) groups is 1. The smallest absolute Gasteiger partial charge is 0.416 e. The van der Waals surface area contributed by atoms with Crippen molar-refractivity contribution >= 4 is 23.2 Å². The van der Waals surface area contributed by atoms with E-state index in [-0.39, 0.29) is 17.2 Å². The second-order valence-electron chi connectivity index (χ2n) is 5.40. The molecular formula is C18H17F3N2O3S. The zero-order chi connectivity index (χ0) is 20.0. The minimum Gasteiger partial charge on any atom is -0.493 e. The molecule has 0 radical (unpaired) electrons. The van der Waals surface area contributed by atoms with E-state index in [1.807, 2.05) is 0 Å². The Balaban J connectivity index is 1.97. The molecule has 0 heterocycles. The molecule has 2 aromatic rings. The number of alkyl halides is 3. The molecule has 0 aliphatic heterocycles. The number of hydrogen-bond acceptors (Lipinski definition) is 4. The minimum atomic E-state index is -4.53. The van der Waals surface area contributed by atoms with Gasteiger partial charge in [-0.25, -0.2) is 0 Å². The van der Waals surface area contributed by atoms with Gasteiger partial charge in [-0.1, -0.05) is 12.1 Å². The number of amides is 1. The quantitative estimate of drug-likeness (QED) is 0.755. The van der Waals surface area contributed by atoms with Gasteiger partial charge >= 0.3 is 6.18 Å². The second-order valence-corrected chi connectivity index (χ2v) is 5.81. The summed E-state index contributed by atoms with van der Waals surface area (Å²) in [7, 11) is 3.03. The predicted octanol–water partition coefficient (Wildman–Crippen LogP) is 3.53. The number of carbonyl (C=O) groups excluding carboxylic acids is 1. The van der Waals surface area contributed by atoms with Gasteiger partial charge in [0.05, 0.1) is 19.8 Å². The first-order valence-corrected chi connectivity index (χ1v) is 8.12. The van der Waals surface area contributed by atoms with E-state index in [2.05, 4.69) is 10.6 Å².